The standard InChI is InChI=1S/C23H27F3N4O4/c1-13-9-14(23(24,25)26)10-17(31)20(13)15-5-6-19(28-27-15)30-7-8-33-18-12-29(11-16(18)30)21(32)34-22(2,3)4/h5-6,9-10,16,18,31H,7-8,11-12H2,1-4H3/t16-,18+/m1/s1. The third kappa shape index (κ3) is 4.89. The fourth-order valence-electron chi connectivity index (χ4n) is 4.33. The summed E-state index contributed by atoms with van der Waals surface area (Å²) in [6.07, 6.45) is -5.17. The average Bonchev–Trinajstić information content (AvgIpc) is 3.17. The van der Waals surface area contributed by atoms with Crippen molar-refractivity contribution < 1.29 is 32.5 Å². The van der Waals surface area contributed by atoms with Crippen molar-refractivity contribution in [1.29, 1.82) is 0 Å². The fourth-order valence-corrected chi connectivity index (χ4v) is 4.33. The Morgan fingerprint density at radius 1 is 1.18 bits per heavy atom. The monoisotopic (exact) mass is 480 g/mol. The molecule has 4 rings (SSSR count). The van der Waals surface area contributed by atoms with E-state index in [1.54, 1.807) is 17.0 Å². The third-order valence-electron chi connectivity index (χ3n) is 5.80. The molecular weight excluding hydrogens is 453 g/mol. The molecule has 0 radical (unpaired) electrons. The van der Waals surface area contributed by atoms with E-state index in [1.807, 2.05) is 25.7 Å². The second-order valence-electron chi connectivity index (χ2n) is 9.52. The summed E-state index contributed by atoms with van der Waals surface area (Å²) >= 11 is 0. The molecular formula is C23H27F3N4O4. The lowest BCUT2D eigenvalue weighted by atomic mass is 10.0. The van der Waals surface area contributed by atoms with E-state index in [0.29, 0.717) is 38.1 Å². The fraction of sp³-hybridized carbons (Fsp3) is 0.522. The van der Waals surface area contributed by atoms with Crippen molar-refractivity contribution in [2.45, 2.75) is 51.6 Å². The second kappa shape index (κ2) is 8.61. The van der Waals surface area contributed by atoms with E-state index in [9.17, 15) is 23.1 Å². The largest absolute Gasteiger partial charge is 0.507 e. The molecule has 0 saturated carbocycles. The first-order chi connectivity index (χ1) is 15.8. The van der Waals surface area contributed by atoms with E-state index >= 15 is 0 Å². The SMILES string of the molecule is Cc1cc(C(F)(F)F)cc(O)c1-c1ccc(N2CCO[C@H]3CN(C(=O)OC(C)(C)C)C[C@H]32)nn1. The number of nitrogens with zero attached hydrogens (tertiary/aromatic N) is 4. The molecule has 2 aromatic rings. The van der Waals surface area contributed by atoms with Gasteiger partial charge in [-0.1, -0.05) is 0 Å². The van der Waals surface area contributed by atoms with Gasteiger partial charge in [-0.2, -0.15) is 13.2 Å². The molecule has 11 heteroatoms. The van der Waals surface area contributed by atoms with Crippen LogP contribution >= 0.6 is 0 Å². The van der Waals surface area contributed by atoms with Crippen LogP contribution in [0, 0.1) is 6.92 Å². The number of alkyl halides is 3. The zero-order valence-corrected chi connectivity index (χ0v) is 19.4. The molecule has 0 spiro atoms. The van der Waals surface area contributed by atoms with Crippen LogP contribution in [0.2, 0.25) is 0 Å². The first-order valence-corrected chi connectivity index (χ1v) is 10.9. The molecule has 0 bridgehead atoms. The van der Waals surface area contributed by atoms with Crippen LogP contribution in [0.4, 0.5) is 23.8 Å². The Bertz CT molecular complexity index is 1050. The van der Waals surface area contributed by atoms with Gasteiger partial charge in [0.1, 0.15) is 11.4 Å². The maximum absolute atomic E-state index is 13.0. The highest BCUT2D eigenvalue weighted by atomic mass is 19.4. The van der Waals surface area contributed by atoms with Crippen molar-refractivity contribution in [2.75, 3.05) is 31.1 Å². The first-order valence-electron chi connectivity index (χ1n) is 10.9. The highest BCUT2D eigenvalue weighted by molar-refractivity contribution is 5.72. The summed E-state index contributed by atoms with van der Waals surface area (Å²) in [5, 5.41) is 18.7. The number of carbonyl (C=O) groups excluding carboxylic acids is 1. The van der Waals surface area contributed by atoms with E-state index in [4.69, 9.17) is 9.47 Å². The lowest BCUT2D eigenvalue weighted by molar-refractivity contribution is -0.137. The number of rotatable bonds is 2. The maximum Gasteiger partial charge on any atom is 0.416 e. The van der Waals surface area contributed by atoms with Crippen molar-refractivity contribution in [3.63, 3.8) is 0 Å². The molecule has 2 atom stereocenters. The van der Waals surface area contributed by atoms with Crippen LogP contribution in [0.1, 0.15) is 31.9 Å². The van der Waals surface area contributed by atoms with E-state index < -0.39 is 29.2 Å². The topological polar surface area (TPSA) is 88.0 Å². The number of phenols is 1. The number of benzene rings is 1. The average molecular weight is 480 g/mol. The third-order valence-corrected chi connectivity index (χ3v) is 5.80. The van der Waals surface area contributed by atoms with Gasteiger partial charge in [0, 0.05) is 18.7 Å². The van der Waals surface area contributed by atoms with Crippen LogP contribution in [0.25, 0.3) is 11.3 Å². The zero-order chi connectivity index (χ0) is 24.8. The molecule has 1 aromatic carbocycles. The quantitative estimate of drug-likeness (QED) is 0.695. The Balaban J connectivity index is 1.54. The van der Waals surface area contributed by atoms with Gasteiger partial charge < -0.3 is 24.4 Å². The van der Waals surface area contributed by atoms with E-state index in [-0.39, 0.29) is 29.0 Å². The summed E-state index contributed by atoms with van der Waals surface area (Å²) in [5.41, 5.74) is -0.826. The van der Waals surface area contributed by atoms with Gasteiger partial charge in [0.2, 0.25) is 0 Å². The maximum atomic E-state index is 13.0. The number of fused-ring (bicyclic) bond motifs is 1. The van der Waals surface area contributed by atoms with Gasteiger partial charge in [-0.25, -0.2) is 4.79 Å². The van der Waals surface area contributed by atoms with Crippen LogP contribution in [0.5, 0.6) is 5.75 Å². The molecule has 0 unspecified atom stereocenters. The van der Waals surface area contributed by atoms with Crippen LogP contribution in [-0.2, 0) is 15.7 Å². The smallest absolute Gasteiger partial charge is 0.416 e. The number of likely N-dealkylation sites (tertiary alicyclic amines) is 1. The minimum Gasteiger partial charge on any atom is -0.507 e. The van der Waals surface area contributed by atoms with Gasteiger partial charge in [-0.3, -0.25) is 0 Å². The molecule has 2 aliphatic rings. The number of carbonyl (C=O) groups is 1. The molecule has 2 saturated heterocycles. The number of morpholine rings is 1. The number of aromatic nitrogens is 2. The number of halogens is 3. The molecule has 3 heterocycles. The molecule has 1 aromatic heterocycles. The highest BCUT2D eigenvalue weighted by Crippen LogP contribution is 2.38. The Morgan fingerprint density at radius 2 is 1.91 bits per heavy atom. The van der Waals surface area contributed by atoms with Crippen LogP contribution in [-0.4, -0.2) is 70.3 Å². The molecule has 0 aliphatic carbocycles. The van der Waals surface area contributed by atoms with Gasteiger partial charge in [0.05, 0.1) is 36.6 Å². The number of ether oxygens (including phenoxy) is 2. The number of amides is 1. The molecule has 34 heavy (non-hydrogen) atoms. The minimum absolute atomic E-state index is 0.136. The number of hydrogen-bond acceptors (Lipinski definition) is 7. The van der Waals surface area contributed by atoms with Crippen LogP contribution < -0.4 is 4.90 Å². The molecule has 184 valence electrons. The zero-order valence-electron chi connectivity index (χ0n) is 19.4. The lowest BCUT2D eigenvalue weighted by Crippen LogP contribution is -2.51. The van der Waals surface area contributed by atoms with Gasteiger partial charge >= 0.3 is 12.3 Å². The van der Waals surface area contributed by atoms with E-state index in [2.05, 4.69) is 10.2 Å². The number of hydrogen-bond donors (Lipinski definition) is 1. The van der Waals surface area contributed by atoms with Crippen molar-refractivity contribution in [1.82, 2.24) is 15.1 Å². The molecule has 1 amide bonds. The molecule has 2 fully saturated rings. The highest BCUT2D eigenvalue weighted by Gasteiger charge is 2.43. The van der Waals surface area contributed by atoms with E-state index in [1.165, 1.54) is 6.92 Å². The summed E-state index contributed by atoms with van der Waals surface area (Å²) in [4.78, 5) is 16.1. The Labute approximate surface area is 195 Å². The minimum atomic E-state index is -4.56. The normalized spacial score (nSPS) is 20.9. The van der Waals surface area contributed by atoms with Gasteiger partial charge in [0.25, 0.3) is 0 Å². The predicted octanol–water partition coefficient (Wildman–Crippen LogP) is 4.00. The summed E-state index contributed by atoms with van der Waals surface area (Å²) in [7, 11) is 0. The predicted molar refractivity (Wildman–Crippen MR) is 118 cm³/mol. The summed E-state index contributed by atoms with van der Waals surface area (Å²) in [6.45, 7) is 8.71. The van der Waals surface area contributed by atoms with Crippen LogP contribution in [0.3, 0.4) is 0 Å². The van der Waals surface area contributed by atoms with E-state index in [0.717, 1.165) is 6.07 Å². The summed E-state index contributed by atoms with van der Waals surface area (Å²) < 4.78 is 50.4. The van der Waals surface area contributed by atoms with Crippen molar-refractivity contribution in [3.8, 4) is 17.0 Å². The Hall–Kier alpha value is -3.08. The molecule has 1 N–H and O–H groups in total. The first kappa shape index (κ1) is 24.1. The summed E-state index contributed by atoms with van der Waals surface area (Å²) in [6, 6.07) is 4.85. The Morgan fingerprint density at radius 3 is 2.50 bits per heavy atom. The number of phenolic OH excluding ortho intramolecular Hbond substituents is 1. The van der Waals surface area contributed by atoms with Crippen molar-refractivity contribution in [2.24, 2.45) is 0 Å². The Kier molecular flexibility index (Phi) is 6.09. The van der Waals surface area contributed by atoms with Crippen molar-refractivity contribution in [3.05, 3.63) is 35.4 Å². The van der Waals surface area contributed by atoms with Crippen molar-refractivity contribution >= 4 is 11.9 Å². The second-order valence-corrected chi connectivity index (χ2v) is 9.52. The number of aromatic hydroxyl groups is 1. The van der Waals surface area contributed by atoms with Gasteiger partial charge in [-0.15, -0.1) is 10.2 Å². The molecule has 2 aliphatic heterocycles. The van der Waals surface area contributed by atoms with Crippen LogP contribution in [0.15, 0.2) is 24.3 Å². The number of anilines is 1. The number of aryl methyl sites for hydroxylation is 1. The van der Waals surface area contributed by atoms with Gasteiger partial charge in [-0.05, 0) is 57.5 Å². The lowest BCUT2D eigenvalue weighted by Gasteiger charge is -2.37. The van der Waals surface area contributed by atoms with Gasteiger partial charge in [0.15, 0.2) is 5.82 Å². The molecule has 8 nitrogen and oxygen atoms in total. The summed E-state index contributed by atoms with van der Waals surface area (Å²) in [5.74, 6) is 0.0433.